The number of aromatic nitrogens is 2. The quantitative estimate of drug-likeness (QED) is 0.409. The lowest BCUT2D eigenvalue weighted by Crippen LogP contribution is -2.48. The number of methoxy groups -OCH3 is 1. The van der Waals surface area contributed by atoms with Crippen molar-refractivity contribution in [3.63, 3.8) is 0 Å². The number of hydrazine groups is 1. The van der Waals surface area contributed by atoms with E-state index in [-0.39, 0.29) is 5.69 Å². The minimum absolute atomic E-state index is 0.165. The third kappa shape index (κ3) is 3.96. The molecule has 0 saturated carbocycles. The number of urea groups is 1. The van der Waals surface area contributed by atoms with Crippen molar-refractivity contribution in [3.8, 4) is 22.7 Å². The molecular weight excluding hydrogens is 458 g/mol. The number of nitrogens with zero attached hydrogens (tertiary/aromatic N) is 3. The van der Waals surface area contributed by atoms with Crippen LogP contribution in [0.3, 0.4) is 0 Å². The number of imide groups is 1. The molecule has 0 unspecified atom stereocenters. The fourth-order valence-corrected chi connectivity index (χ4v) is 4.08. The van der Waals surface area contributed by atoms with Crippen molar-refractivity contribution in [3.05, 3.63) is 102 Å². The van der Waals surface area contributed by atoms with Crippen LogP contribution in [0.4, 0.5) is 4.79 Å². The Labute approximate surface area is 207 Å². The summed E-state index contributed by atoms with van der Waals surface area (Å²) in [6.45, 7) is 1.59. The van der Waals surface area contributed by atoms with Gasteiger partial charge in [-0.25, -0.2) is 9.48 Å². The Morgan fingerprint density at radius 2 is 1.58 bits per heavy atom. The molecular formula is C27H23N5O4. The van der Waals surface area contributed by atoms with Crippen LogP contribution in [0, 0.1) is 0 Å². The van der Waals surface area contributed by atoms with Gasteiger partial charge in [-0.15, -0.1) is 0 Å². The third-order valence-electron chi connectivity index (χ3n) is 6.08. The van der Waals surface area contributed by atoms with Crippen LogP contribution in [0.1, 0.15) is 23.0 Å². The molecule has 1 atom stereocenters. The second-order valence-electron chi connectivity index (χ2n) is 8.39. The predicted molar refractivity (Wildman–Crippen MR) is 132 cm³/mol. The first-order valence-corrected chi connectivity index (χ1v) is 11.2. The highest BCUT2D eigenvalue weighted by Crippen LogP contribution is 2.29. The number of para-hydroxylation sites is 1. The average molecular weight is 482 g/mol. The Kier molecular flexibility index (Phi) is 5.73. The van der Waals surface area contributed by atoms with Crippen molar-refractivity contribution in [2.24, 2.45) is 0 Å². The minimum Gasteiger partial charge on any atom is -0.497 e. The summed E-state index contributed by atoms with van der Waals surface area (Å²) in [5.41, 5.74) is 3.88. The lowest BCUT2D eigenvalue weighted by molar-refractivity contribution is -0.132. The SMILES string of the molecule is COc1ccc([C@@]2(C)NC(=O)N(NC(=O)c3cc(-c4ccccc4)nn3-c3ccccc3)C2=O)cc1. The minimum atomic E-state index is -1.36. The topological polar surface area (TPSA) is 106 Å². The van der Waals surface area contributed by atoms with E-state index in [0.29, 0.717) is 27.7 Å². The zero-order valence-corrected chi connectivity index (χ0v) is 19.6. The summed E-state index contributed by atoms with van der Waals surface area (Å²) < 4.78 is 6.65. The number of carbonyl (C=O) groups is 3. The number of hydrogen-bond acceptors (Lipinski definition) is 5. The van der Waals surface area contributed by atoms with Gasteiger partial charge in [0.15, 0.2) is 0 Å². The number of ether oxygens (including phenoxy) is 1. The van der Waals surface area contributed by atoms with Crippen LogP contribution in [0.15, 0.2) is 91.0 Å². The van der Waals surface area contributed by atoms with Gasteiger partial charge in [0.1, 0.15) is 17.0 Å². The number of benzene rings is 3. The van der Waals surface area contributed by atoms with Crippen LogP contribution >= 0.6 is 0 Å². The molecule has 0 radical (unpaired) electrons. The van der Waals surface area contributed by atoms with E-state index < -0.39 is 23.4 Å². The highest BCUT2D eigenvalue weighted by atomic mass is 16.5. The normalized spacial score (nSPS) is 17.1. The average Bonchev–Trinajstić information content (AvgIpc) is 3.46. The predicted octanol–water partition coefficient (Wildman–Crippen LogP) is 3.66. The number of rotatable bonds is 6. The molecule has 1 aromatic heterocycles. The molecule has 4 aromatic rings. The fourth-order valence-electron chi connectivity index (χ4n) is 4.08. The van der Waals surface area contributed by atoms with Gasteiger partial charge < -0.3 is 10.1 Å². The number of hydrogen-bond donors (Lipinski definition) is 2. The molecule has 2 heterocycles. The first-order valence-electron chi connectivity index (χ1n) is 11.2. The van der Waals surface area contributed by atoms with E-state index >= 15 is 0 Å². The van der Waals surface area contributed by atoms with Gasteiger partial charge in [-0.05, 0) is 42.8 Å². The number of nitrogens with one attached hydrogen (secondary N) is 2. The molecule has 36 heavy (non-hydrogen) atoms. The first-order chi connectivity index (χ1) is 17.4. The van der Waals surface area contributed by atoms with Crippen LogP contribution in [-0.2, 0) is 10.3 Å². The van der Waals surface area contributed by atoms with Crippen LogP contribution in [0.5, 0.6) is 5.75 Å². The first kappa shape index (κ1) is 22.9. The zero-order chi connectivity index (χ0) is 25.3. The van der Waals surface area contributed by atoms with E-state index in [1.54, 1.807) is 44.4 Å². The van der Waals surface area contributed by atoms with Gasteiger partial charge in [-0.1, -0.05) is 60.7 Å². The fraction of sp³-hybridized carbons (Fsp3) is 0.111. The molecule has 2 N–H and O–H groups in total. The molecule has 3 aromatic carbocycles. The van der Waals surface area contributed by atoms with Gasteiger partial charge in [-0.2, -0.15) is 10.1 Å². The van der Waals surface area contributed by atoms with Gasteiger partial charge >= 0.3 is 6.03 Å². The highest BCUT2D eigenvalue weighted by molar-refractivity contribution is 6.09. The van der Waals surface area contributed by atoms with E-state index in [9.17, 15) is 14.4 Å². The molecule has 0 aliphatic carbocycles. The second kappa shape index (κ2) is 9.03. The number of carbonyl (C=O) groups excluding carboxylic acids is 3. The Morgan fingerprint density at radius 3 is 2.22 bits per heavy atom. The van der Waals surface area contributed by atoms with Gasteiger partial charge in [-0.3, -0.25) is 15.0 Å². The smallest absolute Gasteiger partial charge is 0.344 e. The third-order valence-corrected chi connectivity index (χ3v) is 6.08. The Bertz CT molecular complexity index is 1430. The molecule has 0 spiro atoms. The largest absolute Gasteiger partial charge is 0.497 e. The van der Waals surface area contributed by atoms with E-state index in [1.807, 2.05) is 60.7 Å². The van der Waals surface area contributed by atoms with Crippen molar-refractivity contribution in [2.75, 3.05) is 7.11 Å². The number of amides is 4. The van der Waals surface area contributed by atoms with Gasteiger partial charge in [0, 0.05) is 5.56 Å². The Balaban J connectivity index is 1.46. The molecule has 1 aliphatic rings. The lowest BCUT2D eigenvalue weighted by Gasteiger charge is -2.22. The van der Waals surface area contributed by atoms with Gasteiger partial charge in [0.2, 0.25) is 0 Å². The summed E-state index contributed by atoms with van der Waals surface area (Å²) in [6, 6.07) is 26.2. The van der Waals surface area contributed by atoms with E-state index in [1.165, 1.54) is 4.68 Å². The summed E-state index contributed by atoms with van der Waals surface area (Å²) in [5, 5.41) is 8.00. The highest BCUT2D eigenvalue weighted by Gasteiger charge is 2.50. The molecule has 180 valence electrons. The molecule has 4 amide bonds. The summed E-state index contributed by atoms with van der Waals surface area (Å²) in [5.74, 6) is -0.649. The standard InChI is InChI=1S/C27H23N5O4/c1-27(19-13-15-21(36-2)16-14-19)25(34)32(26(35)28-27)30-24(33)23-17-22(18-9-5-3-6-10-18)29-31(23)20-11-7-4-8-12-20/h3-17H,1-2H3,(H,28,35)(H,30,33)/t27-/m1/s1. The maximum Gasteiger partial charge on any atom is 0.344 e. The monoisotopic (exact) mass is 481 g/mol. The van der Waals surface area contributed by atoms with E-state index in [0.717, 1.165) is 5.56 Å². The Morgan fingerprint density at radius 1 is 0.944 bits per heavy atom. The zero-order valence-electron chi connectivity index (χ0n) is 19.6. The molecule has 9 nitrogen and oxygen atoms in total. The van der Waals surface area contributed by atoms with Gasteiger partial charge in [0.25, 0.3) is 11.8 Å². The molecule has 1 fully saturated rings. The maximum absolute atomic E-state index is 13.4. The van der Waals surface area contributed by atoms with E-state index in [2.05, 4.69) is 15.8 Å². The summed E-state index contributed by atoms with van der Waals surface area (Å²) in [7, 11) is 1.54. The van der Waals surface area contributed by atoms with Crippen molar-refractivity contribution in [2.45, 2.75) is 12.5 Å². The Hall–Kier alpha value is -4.92. The maximum atomic E-state index is 13.4. The van der Waals surface area contributed by atoms with Crippen molar-refractivity contribution < 1.29 is 19.1 Å². The van der Waals surface area contributed by atoms with Crippen molar-refractivity contribution in [1.82, 2.24) is 25.5 Å². The molecule has 5 rings (SSSR count). The summed E-state index contributed by atoms with van der Waals surface area (Å²) in [6.07, 6.45) is 0. The molecule has 0 bridgehead atoms. The lowest BCUT2D eigenvalue weighted by atomic mass is 9.92. The van der Waals surface area contributed by atoms with Crippen molar-refractivity contribution >= 4 is 17.8 Å². The van der Waals surface area contributed by atoms with E-state index in [4.69, 9.17) is 4.74 Å². The summed E-state index contributed by atoms with van der Waals surface area (Å²) in [4.78, 5) is 39.5. The van der Waals surface area contributed by atoms with Crippen LogP contribution in [-0.4, -0.2) is 39.7 Å². The van der Waals surface area contributed by atoms with Gasteiger partial charge in [0.05, 0.1) is 18.5 Å². The molecule has 1 aliphatic heterocycles. The van der Waals surface area contributed by atoms with Crippen molar-refractivity contribution in [1.29, 1.82) is 0 Å². The summed E-state index contributed by atoms with van der Waals surface area (Å²) >= 11 is 0. The van der Waals surface area contributed by atoms with Crippen LogP contribution in [0.25, 0.3) is 16.9 Å². The molecule has 1 saturated heterocycles. The second-order valence-corrected chi connectivity index (χ2v) is 8.39. The molecule has 9 heteroatoms. The van der Waals surface area contributed by atoms with Crippen LogP contribution in [0.2, 0.25) is 0 Å². The van der Waals surface area contributed by atoms with Crippen LogP contribution < -0.4 is 15.5 Å².